The van der Waals surface area contributed by atoms with Gasteiger partial charge in [-0.05, 0) is 12.1 Å². The molecule has 1 unspecified atom stereocenters. The summed E-state index contributed by atoms with van der Waals surface area (Å²) in [6.45, 7) is 0.0956. The number of hydrogen-bond donors (Lipinski definition) is 0. The normalized spacial score (nSPS) is 19.6. The average molecular weight is 350 g/mol. The smallest absolute Gasteiger partial charge is 0.302 e. The molecule has 112 valence electrons. The van der Waals surface area contributed by atoms with Crippen molar-refractivity contribution in [1.29, 1.82) is 0 Å². The van der Waals surface area contributed by atoms with E-state index in [-0.39, 0.29) is 18.9 Å². The van der Waals surface area contributed by atoms with Crippen LogP contribution in [-0.4, -0.2) is 35.4 Å². The molecule has 21 heavy (non-hydrogen) atoms. The minimum atomic E-state index is -4.62. The maximum atomic E-state index is 12.8. The summed E-state index contributed by atoms with van der Waals surface area (Å²) in [6, 6.07) is 3.29. The fourth-order valence-corrected chi connectivity index (χ4v) is 4.04. The van der Waals surface area contributed by atoms with Crippen LogP contribution in [-0.2, 0) is 15.0 Å². The van der Waals surface area contributed by atoms with Crippen LogP contribution >= 0.6 is 23.3 Å². The minimum absolute atomic E-state index is 0.0343. The summed E-state index contributed by atoms with van der Waals surface area (Å²) in [5, 5.41) is 0.326. The van der Waals surface area contributed by atoms with Gasteiger partial charge in [0.2, 0.25) is 5.91 Å². The number of rotatable bonds is 3. The molecule has 0 aliphatic carbocycles. The number of hydrogen-bond acceptors (Lipinski definition) is 6. The molecule has 0 radical (unpaired) electrons. The molecule has 1 aromatic carbocycles. The summed E-state index contributed by atoms with van der Waals surface area (Å²) < 4.78 is 42.4. The van der Waals surface area contributed by atoms with Gasteiger partial charge in [-0.25, -0.2) is 0 Å². The van der Waals surface area contributed by atoms with Crippen LogP contribution in [0.25, 0.3) is 11.0 Å². The highest BCUT2D eigenvalue weighted by Gasteiger charge is 2.35. The second kappa shape index (κ2) is 5.15. The molecule has 2 aromatic rings. The van der Waals surface area contributed by atoms with Gasteiger partial charge < -0.3 is 4.90 Å². The Balaban J connectivity index is 1.98. The van der Waals surface area contributed by atoms with E-state index in [4.69, 9.17) is 11.6 Å². The first-order valence-corrected chi connectivity index (χ1v) is 8.65. The number of anilines is 1. The summed E-state index contributed by atoms with van der Waals surface area (Å²) in [6.07, 6.45) is -0.0343. The number of benzene rings is 1. The summed E-state index contributed by atoms with van der Waals surface area (Å²) in [5.41, 5.74) is 1.50. The molecule has 0 bridgehead atoms. The topological polar surface area (TPSA) is 80.2 Å². The summed E-state index contributed by atoms with van der Waals surface area (Å²) in [4.78, 5) is 13.5. The van der Waals surface area contributed by atoms with Gasteiger partial charge in [-0.15, -0.1) is 3.89 Å². The van der Waals surface area contributed by atoms with E-state index < -0.39 is 21.9 Å². The lowest BCUT2D eigenvalue weighted by Crippen LogP contribution is -2.26. The molecule has 3 rings (SSSR count). The lowest BCUT2D eigenvalue weighted by molar-refractivity contribution is -0.117. The predicted octanol–water partition coefficient (Wildman–Crippen LogP) is 2.00. The van der Waals surface area contributed by atoms with Crippen molar-refractivity contribution in [3.05, 3.63) is 17.2 Å². The van der Waals surface area contributed by atoms with Crippen molar-refractivity contribution in [2.24, 2.45) is 5.92 Å². The van der Waals surface area contributed by atoms with Gasteiger partial charge in [0.15, 0.2) is 0 Å². The van der Waals surface area contributed by atoms with Gasteiger partial charge in [0.25, 0.3) is 0 Å². The second-order valence-electron chi connectivity index (χ2n) is 4.81. The highest BCUT2D eigenvalue weighted by atomic mass is 35.5. The van der Waals surface area contributed by atoms with E-state index in [2.05, 4.69) is 8.75 Å². The second-order valence-corrected chi connectivity index (χ2v) is 7.15. The van der Waals surface area contributed by atoms with Gasteiger partial charge in [0.05, 0.1) is 28.2 Å². The number of aromatic nitrogens is 2. The maximum absolute atomic E-state index is 12.8. The van der Waals surface area contributed by atoms with Crippen molar-refractivity contribution in [3.63, 3.8) is 0 Å². The van der Waals surface area contributed by atoms with E-state index in [0.717, 1.165) is 11.7 Å². The van der Waals surface area contributed by atoms with Crippen molar-refractivity contribution >= 4 is 56.2 Å². The molecule has 1 aromatic heterocycles. The van der Waals surface area contributed by atoms with E-state index in [0.29, 0.717) is 21.7 Å². The molecule has 1 aliphatic rings. The Morgan fingerprint density at radius 1 is 1.43 bits per heavy atom. The molecule has 1 atom stereocenters. The SMILES string of the molecule is O=C1CC(CS(=O)(=O)F)CN1c1c(Cl)ccc2nsnc12. The molecule has 2 heterocycles. The van der Waals surface area contributed by atoms with E-state index in [9.17, 15) is 17.1 Å². The minimum Gasteiger partial charge on any atom is -0.309 e. The Kier molecular flexibility index (Phi) is 3.58. The molecule has 1 saturated heterocycles. The summed E-state index contributed by atoms with van der Waals surface area (Å²) in [5.74, 6) is -1.56. The van der Waals surface area contributed by atoms with E-state index in [1.165, 1.54) is 4.90 Å². The molecule has 0 N–H and O–H groups in total. The van der Waals surface area contributed by atoms with E-state index in [1.54, 1.807) is 12.1 Å². The number of carbonyl (C=O) groups is 1. The summed E-state index contributed by atoms with van der Waals surface area (Å²) >= 11 is 7.13. The Labute approximate surface area is 129 Å². The number of nitrogens with zero attached hydrogens (tertiary/aromatic N) is 3. The zero-order chi connectivity index (χ0) is 15.2. The Morgan fingerprint density at radius 2 is 2.19 bits per heavy atom. The van der Waals surface area contributed by atoms with Gasteiger partial charge in [0, 0.05) is 18.9 Å². The van der Waals surface area contributed by atoms with Gasteiger partial charge in [-0.2, -0.15) is 17.2 Å². The fraction of sp³-hybridized carbons (Fsp3) is 0.364. The zero-order valence-electron chi connectivity index (χ0n) is 10.5. The molecule has 10 heteroatoms. The standard InChI is InChI=1S/C11H9ClFN3O3S2/c12-7-1-2-8-10(15-20-14-8)11(7)16-4-6(3-9(16)17)5-21(13,18)19/h1-2,6H,3-5H2. The van der Waals surface area contributed by atoms with Crippen LogP contribution in [0.15, 0.2) is 12.1 Å². The van der Waals surface area contributed by atoms with Crippen molar-refractivity contribution in [2.45, 2.75) is 6.42 Å². The first-order chi connectivity index (χ1) is 9.85. The maximum Gasteiger partial charge on any atom is 0.302 e. The predicted molar refractivity (Wildman–Crippen MR) is 77.8 cm³/mol. The lowest BCUT2D eigenvalue weighted by atomic mass is 10.1. The number of amides is 1. The molecule has 0 saturated carbocycles. The Hall–Kier alpha value is -1.32. The molecular weight excluding hydrogens is 341 g/mol. The molecule has 1 fully saturated rings. The molecule has 6 nitrogen and oxygen atoms in total. The van der Waals surface area contributed by atoms with Crippen LogP contribution in [0.2, 0.25) is 5.02 Å². The molecule has 1 amide bonds. The highest BCUT2D eigenvalue weighted by Crippen LogP contribution is 2.37. The van der Waals surface area contributed by atoms with Crippen LogP contribution in [0, 0.1) is 5.92 Å². The third-order valence-electron chi connectivity index (χ3n) is 3.26. The van der Waals surface area contributed by atoms with Crippen LogP contribution < -0.4 is 4.90 Å². The number of halogens is 2. The molecular formula is C11H9ClFN3O3S2. The lowest BCUT2D eigenvalue weighted by Gasteiger charge is -2.18. The molecule has 1 aliphatic heterocycles. The van der Waals surface area contributed by atoms with Gasteiger partial charge in [-0.1, -0.05) is 11.6 Å². The van der Waals surface area contributed by atoms with Crippen LogP contribution in [0.1, 0.15) is 6.42 Å². The average Bonchev–Trinajstić information content (AvgIpc) is 2.94. The monoisotopic (exact) mass is 349 g/mol. The van der Waals surface area contributed by atoms with Crippen molar-refractivity contribution < 1.29 is 17.1 Å². The Morgan fingerprint density at radius 3 is 2.90 bits per heavy atom. The summed E-state index contributed by atoms with van der Waals surface area (Å²) in [7, 11) is -4.62. The number of fused-ring (bicyclic) bond motifs is 1. The van der Waals surface area contributed by atoms with E-state index >= 15 is 0 Å². The third-order valence-corrected chi connectivity index (χ3v) is 4.98. The van der Waals surface area contributed by atoms with Crippen LogP contribution in [0.5, 0.6) is 0 Å². The third kappa shape index (κ3) is 2.85. The first-order valence-electron chi connectivity index (χ1n) is 5.98. The van der Waals surface area contributed by atoms with Crippen molar-refractivity contribution in [2.75, 3.05) is 17.2 Å². The van der Waals surface area contributed by atoms with Gasteiger partial charge >= 0.3 is 10.2 Å². The quantitative estimate of drug-likeness (QED) is 0.792. The first kappa shape index (κ1) is 14.6. The highest BCUT2D eigenvalue weighted by molar-refractivity contribution is 7.86. The van der Waals surface area contributed by atoms with Crippen molar-refractivity contribution in [3.8, 4) is 0 Å². The fourth-order valence-electron chi connectivity index (χ4n) is 2.46. The molecule has 0 spiro atoms. The van der Waals surface area contributed by atoms with Crippen LogP contribution in [0.3, 0.4) is 0 Å². The van der Waals surface area contributed by atoms with E-state index in [1.807, 2.05) is 0 Å². The number of carbonyl (C=O) groups excluding carboxylic acids is 1. The van der Waals surface area contributed by atoms with Gasteiger partial charge in [-0.3, -0.25) is 4.79 Å². The zero-order valence-corrected chi connectivity index (χ0v) is 12.9. The Bertz CT molecular complexity index is 823. The van der Waals surface area contributed by atoms with Gasteiger partial charge in [0.1, 0.15) is 11.0 Å². The van der Waals surface area contributed by atoms with Crippen LogP contribution in [0.4, 0.5) is 9.57 Å². The van der Waals surface area contributed by atoms with Crippen molar-refractivity contribution in [1.82, 2.24) is 8.75 Å². The largest absolute Gasteiger partial charge is 0.309 e.